The molecule has 4 nitrogen and oxygen atoms in total. The number of hydrogen-bond donors (Lipinski definition) is 0. The average Bonchev–Trinajstić information content (AvgIpc) is 1.35. The lowest BCUT2D eigenvalue weighted by atomic mass is 11.7. The molecule has 0 atom stereocenters. The van der Waals surface area contributed by atoms with Crippen molar-refractivity contribution in [2.24, 2.45) is 0 Å². The maximum absolute atomic E-state index is 9.15. The SMILES string of the molecule is O=[N+]([O-])OCBr. The van der Waals surface area contributed by atoms with E-state index in [1.807, 2.05) is 0 Å². The first-order valence-corrected chi connectivity index (χ1v) is 2.23. The van der Waals surface area contributed by atoms with Gasteiger partial charge in [0.1, 0.15) is 0 Å². The second kappa shape index (κ2) is 2.89. The summed E-state index contributed by atoms with van der Waals surface area (Å²) < 4.78 is 0. The van der Waals surface area contributed by atoms with E-state index in [0.717, 1.165) is 0 Å². The van der Waals surface area contributed by atoms with E-state index < -0.39 is 5.09 Å². The summed E-state index contributed by atoms with van der Waals surface area (Å²) >= 11 is 2.69. The lowest BCUT2D eigenvalue weighted by molar-refractivity contribution is -0.751. The van der Waals surface area contributed by atoms with E-state index in [2.05, 4.69) is 20.8 Å². The first kappa shape index (κ1) is 5.68. The monoisotopic (exact) mass is 155 g/mol. The molecule has 0 aromatic carbocycles. The molecule has 0 aliphatic rings. The minimum absolute atomic E-state index is 0.0556. The summed E-state index contributed by atoms with van der Waals surface area (Å²) in [5.41, 5.74) is -0.0556. The van der Waals surface area contributed by atoms with Gasteiger partial charge in [-0.1, -0.05) is 15.9 Å². The van der Waals surface area contributed by atoms with Crippen molar-refractivity contribution in [1.82, 2.24) is 0 Å². The molecule has 0 bridgehead atoms. The Morgan fingerprint density at radius 2 is 2.50 bits per heavy atom. The second-order valence-electron chi connectivity index (χ2n) is 0.462. The van der Waals surface area contributed by atoms with E-state index in [0.29, 0.717) is 0 Å². The zero-order valence-electron chi connectivity index (χ0n) is 2.76. The maximum atomic E-state index is 9.15. The highest BCUT2D eigenvalue weighted by Gasteiger charge is 1.84. The molecule has 0 aromatic heterocycles. The highest BCUT2D eigenvalue weighted by Crippen LogP contribution is 1.79. The van der Waals surface area contributed by atoms with Crippen molar-refractivity contribution in [2.45, 2.75) is 0 Å². The van der Waals surface area contributed by atoms with Gasteiger partial charge in [0.2, 0.25) is 0 Å². The second-order valence-corrected chi connectivity index (χ2v) is 0.920. The van der Waals surface area contributed by atoms with Gasteiger partial charge in [-0.25, -0.2) is 0 Å². The van der Waals surface area contributed by atoms with Gasteiger partial charge < -0.3 is 4.84 Å². The zero-order valence-corrected chi connectivity index (χ0v) is 4.34. The van der Waals surface area contributed by atoms with Crippen LogP contribution in [-0.4, -0.2) is 10.6 Å². The fourth-order valence-electron chi connectivity index (χ4n) is 0.0398. The zero-order chi connectivity index (χ0) is 4.99. The third kappa shape index (κ3) is 3.68. The van der Waals surface area contributed by atoms with E-state index in [-0.39, 0.29) is 5.52 Å². The van der Waals surface area contributed by atoms with Gasteiger partial charge >= 0.3 is 0 Å². The quantitative estimate of drug-likeness (QED) is 0.333. The van der Waals surface area contributed by atoms with Crippen molar-refractivity contribution in [2.75, 3.05) is 5.52 Å². The molecule has 0 saturated heterocycles. The topological polar surface area (TPSA) is 52.4 Å². The molecule has 0 N–H and O–H groups in total. The van der Waals surface area contributed by atoms with Gasteiger partial charge in [0.05, 0.1) is 0 Å². The predicted octanol–water partition coefficient (Wildman–Crippen LogP) is 0.547. The van der Waals surface area contributed by atoms with Gasteiger partial charge in [-0.3, -0.25) is 0 Å². The number of halogens is 1. The van der Waals surface area contributed by atoms with Crippen molar-refractivity contribution < 1.29 is 9.92 Å². The first-order valence-electron chi connectivity index (χ1n) is 1.10. The minimum Gasteiger partial charge on any atom is -0.302 e. The largest absolute Gasteiger partial charge is 0.302 e. The Bertz CT molecular complexity index is 54.8. The van der Waals surface area contributed by atoms with Crippen molar-refractivity contribution in [3.05, 3.63) is 10.1 Å². The van der Waals surface area contributed by atoms with Gasteiger partial charge in [-0.15, -0.1) is 10.1 Å². The average molecular weight is 156 g/mol. The number of nitrogens with zero attached hydrogens (tertiary/aromatic N) is 1. The van der Waals surface area contributed by atoms with Crippen molar-refractivity contribution in [1.29, 1.82) is 0 Å². The van der Waals surface area contributed by atoms with E-state index in [1.54, 1.807) is 0 Å². The van der Waals surface area contributed by atoms with Gasteiger partial charge in [-0.05, 0) is 0 Å². The number of rotatable bonds is 2. The first-order chi connectivity index (χ1) is 2.77. The predicted molar refractivity (Wildman–Crippen MR) is 21.9 cm³/mol. The third-order valence-electron chi connectivity index (χ3n) is 0.154. The van der Waals surface area contributed by atoms with Crippen LogP contribution in [-0.2, 0) is 4.84 Å². The Hall–Kier alpha value is -0.320. The van der Waals surface area contributed by atoms with Gasteiger partial charge in [-0.2, -0.15) is 0 Å². The molecule has 0 spiro atoms. The molecule has 0 aromatic rings. The number of alkyl halides is 1. The molecule has 0 unspecified atom stereocenters. The summed E-state index contributed by atoms with van der Waals surface area (Å²) in [4.78, 5) is 12.8. The molecule has 0 radical (unpaired) electrons. The van der Waals surface area contributed by atoms with Crippen LogP contribution in [0.25, 0.3) is 0 Å². The van der Waals surface area contributed by atoms with Crippen LogP contribution < -0.4 is 0 Å². The highest BCUT2D eigenvalue weighted by molar-refractivity contribution is 9.09. The standard InChI is InChI=1S/CH2BrNO3/c2-1-6-3(4)5/h1H2. The van der Waals surface area contributed by atoms with Gasteiger partial charge in [0.15, 0.2) is 5.52 Å². The van der Waals surface area contributed by atoms with Crippen LogP contribution >= 0.6 is 15.9 Å². The van der Waals surface area contributed by atoms with Crippen LogP contribution in [0.1, 0.15) is 0 Å². The summed E-state index contributed by atoms with van der Waals surface area (Å²) in [7, 11) is 0. The maximum Gasteiger partial charge on any atom is 0.295 e. The van der Waals surface area contributed by atoms with Crippen molar-refractivity contribution in [3.63, 3.8) is 0 Å². The van der Waals surface area contributed by atoms with Gasteiger partial charge in [0, 0.05) is 0 Å². The van der Waals surface area contributed by atoms with Crippen LogP contribution in [0.15, 0.2) is 0 Å². The Balaban J connectivity index is 2.83. The fourth-order valence-corrected chi connectivity index (χ4v) is 0.207. The third-order valence-corrected chi connectivity index (χ3v) is 0.359. The summed E-state index contributed by atoms with van der Waals surface area (Å²) in [5.74, 6) is 0. The molecule has 0 rings (SSSR count). The molecule has 36 valence electrons. The fraction of sp³-hybridized carbons (Fsp3) is 1.00. The Morgan fingerprint density at radius 3 is 2.50 bits per heavy atom. The van der Waals surface area contributed by atoms with Crippen molar-refractivity contribution in [3.8, 4) is 0 Å². The van der Waals surface area contributed by atoms with Gasteiger partial charge in [0.25, 0.3) is 5.09 Å². The van der Waals surface area contributed by atoms with E-state index >= 15 is 0 Å². The summed E-state index contributed by atoms with van der Waals surface area (Å²) in [5, 5.41) is 8.29. The molecule has 5 heteroatoms. The number of hydrogen-bond acceptors (Lipinski definition) is 3. The van der Waals surface area contributed by atoms with Crippen LogP contribution in [0.4, 0.5) is 0 Å². The summed E-state index contributed by atoms with van der Waals surface area (Å²) in [6.45, 7) is 0. The molecule has 0 saturated carbocycles. The van der Waals surface area contributed by atoms with Crippen LogP contribution in [0, 0.1) is 10.1 Å². The lowest BCUT2D eigenvalue weighted by Crippen LogP contribution is -1.95. The van der Waals surface area contributed by atoms with E-state index in [1.165, 1.54) is 0 Å². The molecule has 0 aliphatic heterocycles. The molecular weight excluding hydrogens is 154 g/mol. The Morgan fingerprint density at radius 1 is 2.00 bits per heavy atom. The van der Waals surface area contributed by atoms with Crippen LogP contribution in [0.3, 0.4) is 0 Å². The van der Waals surface area contributed by atoms with Crippen LogP contribution in [0.5, 0.6) is 0 Å². The molecule has 0 amide bonds. The highest BCUT2D eigenvalue weighted by atomic mass is 79.9. The smallest absolute Gasteiger partial charge is 0.295 e. The molecule has 0 heterocycles. The Labute approximate surface area is 42.3 Å². The summed E-state index contributed by atoms with van der Waals surface area (Å²) in [6.07, 6.45) is 0. The molecular formula is CH2BrNO3. The minimum atomic E-state index is -0.866. The summed E-state index contributed by atoms with van der Waals surface area (Å²) in [6, 6.07) is 0. The molecule has 0 aliphatic carbocycles. The molecule has 6 heavy (non-hydrogen) atoms. The normalized spacial score (nSPS) is 7.50. The van der Waals surface area contributed by atoms with E-state index in [4.69, 9.17) is 10.1 Å². The lowest BCUT2D eigenvalue weighted by Gasteiger charge is -1.82. The Kier molecular flexibility index (Phi) is 2.74. The van der Waals surface area contributed by atoms with Crippen LogP contribution in [0.2, 0.25) is 0 Å². The molecule has 0 fully saturated rings. The van der Waals surface area contributed by atoms with Crippen molar-refractivity contribution >= 4 is 15.9 Å². The van der Waals surface area contributed by atoms with E-state index in [9.17, 15) is 0 Å².